The largest absolute Gasteiger partial charge is 0.462 e. The van der Waals surface area contributed by atoms with Crippen LogP contribution >= 0.6 is 0 Å². The summed E-state index contributed by atoms with van der Waals surface area (Å²) >= 11 is 0. The number of para-hydroxylation sites is 1. The van der Waals surface area contributed by atoms with Crippen molar-refractivity contribution in [1.29, 1.82) is 0 Å². The molecule has 3 rings (SSSR count). The summed E-state index contributed by atoms with van der Waals surface area (Å²) in [6, 6.07) is 7.58. The van der Waals surface area contributed by atoms with Gasteiger partial charge in [-0.05, 0) is 38.5 Å². The first-order valence-electron chi connectivity index (χ1n) is 7.91. The molecular formula is C19H20N2O3. The molecule has 0 spiro atoms. The maximum absolute atomic E-state index is 12.3. The van der Waals surface area contributed by atoms with E-state index in [0.29, 0.717) is 17.7 Å². The molecule has 0 atom stereocenters. The Kier molecular flexibility index (Phi) is 4.01. The van der Waals surface area contributed by atoms with Gasteiger partial charge < -0.3 is 14.6 Å². The summed E-state index contributed by atoms with van der Waals surface area (Å²) in [5.41, 5.74) is 5.32. The first kappa shape index (κ1) is 16.1. The third-order valence-electron chi connectivity index (χ3n) is 4.46. The first-order chi connectivity index (χ1) is 11.5. The topological polar surface area (TPSA) is 60.3 Å². The Labute approximate surface area is 140 Å². The molecule has 1 aliphatic rings. The Balaban J connectivity index is 2.13. The number of ether oxygens (including phenoxy) is 1. The zero-order valence-corrected chi connectivity index (χ0v) is 14.3. The molecule has 1 aromatic carbocycles. The van der Waals surface area contributed by atoms with Crippen molar-refractivity contribution in [2.75, 3.05) is 11.9 Å². The van der Waals surface area contributed by atoms with Crippen LogP contribution in [-0.2, 0) is 16.6 Å². The van der Waals surface area contributed by atoms with E-state index in [1.165, 1.54) is 0 Å². The van der Waals surface area contributed by atoms with Crippen molar-refractivity contribution in [2.24, 2.45) is 7.05 Å². The predicted octanol–water partition coefficient (Wildman–Crippen LogP) is 3.31. The number of nitrogens with one attached hydrogen (secondary N) is 1. The summed E-state index contributed by atoms with van der Waals surface area (Å²) in [6.45, 7) is 5.88. The third-order valence-corrected chi connectivity index (χ3v) is 4.46. The van der Waals surface area contributed by atoms with Crippen LogP contribution in [0.5, 0.6) is 0 Å². The van der Waals surface area contributed by atoms with Crippen molar-refractivity contribution in [3.63, 3.8) is 0 Å². The van der Waals surface area contributed by atoms with Gasteiger partial charge in [0.05, 0.1) is 17.7 Å². The number of esters is 1. The monoisotopic (exact) mass is 324 g/mol. The Morgan fingerprint density at radius 3 is 2.71 bits per heavy atom. The number of carbonyl (C=O) groups is 2. The number of hydrogen-bond donors (Lipinski definition) is 1. The van der Waals surface area contributed by atoms with Crippen molar-refractivity contribution in [3.8, 4) is 0 Å². The first-order valence-corrected chi connectivity index (χ1v) is 7.91. The summed E-state index contributed by atoms with van der Waals surface area (Å²) in [5.74, 6) is -0.462. The zero-order valence-electron chi connectivity index (χ0n) is 14.3. The van der Waals surface area contributed by atoms with E-state index in [2.05, 4.69) is 5.32 Å². The van der Waals surface area contributed by atoms with E-state index in [9.17, 15) is 9.59 Å². The second-order valence-electron chi connectivity index (χ2n) is 5.81. The van der Waals surface area contributed by atoms with Crippen molar-refractivity contribution in [3.05, 3.63) is 52.3 Å². The van der Waals surface area contributed by atoms with Crippen molar-refractivity contribution in [1.82, 2.24) is 4.57 Å². The molecule has 2 aromatic rings. The average Bonchev–Trinajstić information content (AvgIpc) is 2.97. The number of hydrogen-bond acceptors (Lipinski definition) is 3. The van der Waals surface area contributed by atoms with Crippen LogP contribution in [0.4, 0.5) is 5.69 Å². The summed E-state index contributed by atoms with van der Waals surface area (Å²) in [5, 5.41) is 2.86. The van der Waals surface area contributed by atoms with Gasteiger partial charge in [0.2, 0.25) is 0 Å². The lowest BCUT2D eigenvalue weighted by molar-refractivity contribution is -0.110. The molecule has 1 aliphatic heterocycles. The number of benzene rings is 1. The molecule has 0 unspecified atom stereocenters. The second-order valence-corrected chi connectivity index (χ2v) is 5.81. The molecule has 24 heavy (non-hydrogen) atoms. The highest BCUT2D eigenvalue weighted by Crippen LogP contribution is 2.34. The smallest absolute Gasteiger partial charge is 0.340 e. The van der Waals surface area contributed by atoms with Gasteiger partial charge in [-0.1, -0.05) is 18.2 Å². The summed E-state index contributed by atoms with van der Waals surface area (Å²) in [7, 11) is 1.89. The van der Waals surface area contributed by atoms with Gasteiger partial charge in [-0.25, -0.2) is 4.79 Å². The number of amides is 1. The molecule has 1 N–H and O–H groups in total. The lowest BCUT2D eigenvalue weighted by atomic mass is 10.0. The fraction of sp³-hybridized carbons (Fsp3) is 0.263. The number of aromatic nitrogens is 1. The van der Waals surface area contributed by atoms with Crippen molar-refractivity contribution >= 4 is 29.2 Å². The van der Waals surface area contributed by atoms with Crippen LogP contribution in [0.1, 0.15) is 39.8 Å². The quantitative estimate of drug-likeness (QED) is 0.696. The minimum absolute atomic E-state index is 0.132. The normalized spacial score (nSPS) is 14.7. The molecule has 0 aliphatic carbocycles. The third kappa shape index (κ3) is 2.42. The maximum Gasteiger partial charge on any atom is 0.340 e. The zero-order chi connectivity index (χ0) is 17.4. The van der Waals surface area contributed by atoms with Crippen molar-refractivity contribution in [2.45, 2.75) is 20.8 Å². The van der Waals surface area contributed by atoms with Gasteiger partial charge in [-0.15, -0.1) is 0 Å². The van der Waals surface area contributed by atoms with Crippen molar-refractivity contribution < 1.29 is 14.3 Å². The van der Waals surface area contributed by atoms with E-state index in [0.717, 1.165) is 28.2 Å². The van der Waals surface area contributed by atoms with Gasteiger partial charge in [-0.2, -0.15) is 0 Å². The van der Waals surface area contributed by atoms with E-state index in [1.807, 2.05) is 55.8 Å². The Hall–Kier alpha value is -2.82. The molecule has 5 nitrogen and oxygen atoms in total. The number of fused-ring (bicyclic) bond motifs is 1. The molecule has 5 heteroatoms. The molecular weight excluding hydrogens is 304 g/mol. The van der Waals surface area contributed by atoms with Gasteiger partial charge >= 0.3 is 5.97 Å². The Morgan fingerprint density at radius 2 is 2.00 bits per heavy atom. The van der Waals surface area contributed by atoms with Gasteiger partial charge in [-0.3, -0.25) is 4.79 Å². The number of anilines is 1. The van der Waals surface area contributed by atoms with Crippen LogP contribution in [0.3, 0.4) is 0 Å². The molecule has 0 radical (unpaired) electrons. The molecule has 1 aromatic heterocycles. The van der Waals surface area contributed by atoms with E-state index >= 15 is 0 Å². The highest BCUT2D eigenvalue weighted by molar-refractivity contribution is 6.34. The number of rotatable bonds is 3. The highest BCUT2D eigenvalue weighted by Gasteiger charge is 2.26. The van der Waals surface area contributed by atoms with Crippen LogP contribution in [-0.4, -0.2) is 23.1 Å². The lowest BCUT2D eigenvalue weighted by Crippen LogP contribution is -2.07. The van der Waals surface area contributed by atoms with Crippen LogP contribution in [0.2, 0.25) is 0 Å². The fourth-order valence-electron chi connectivity index (χ4n) is 3.13. The van der Waals surface area contributed by atoms with Gasteiger partial charge in [0, 0.05) is 29.7 Å². The van der Waals surface area contributed by atoms with Crippen LogP contribution < -0.4 is 5.32 Å². The fourth-order valence-corrected chi connectivity index (χ4v) is 3.13. The van der Waals surface area contributed by atoms with Gasteiger partial charge in [0.15, 0.2) is 0 Å². The Bertz CT molecular complexity index is 875. The molecule has 0 saturated heterocycles. The van der Waals surface area contributed by atoms with E-state index in [4.69, 9.17) is 4.74 Å². The molecule has 0 bridgehead atoms. The van der Waals surface area contributed by atoms with Crippen LogP contribution in [0.15, 0.2) is 24.3 Å². The van der Waals surface area contributed by atoms with Crippen LogP contribution in [0, 0.1) is 13.8 Å². The molecule has 1 amide bonds. The Morgan fingerprint density at radius 1 is 1.29 bits per heavy atom. The van der Waals surface area contributed by atoms with Gasteiger partial charge in [0.25, 0.3) is 5.91 Å². The summed E-state index contributed by atoms with van der Waals surface area (Å²) in [4.78, 5) is 24.5. The van der Waals surface area contributed by atoms with Gasteiger partial charge in [0.1, 0.15) is 0 Å². The molecule has 0 fully saturated rings. The summed E-state index contributed by atoms with van der Waals surface area (Å²) in [6.07, 6.45) is 1.84. The minimum atomic E-state index is -0.330. The minimum Gasteiger partial charge on any atom is -0.462 e. The number of nitrogens with zero attached hydrogens (tertiary/aromatic N) is 1. The van der Waals surface area contributed by atoms with E-state index < -0.39 is 0 Å². The SMILES string of the molecule is CCOC(=O)c1c(C)c(/C=C2\C(=O)Nc3ccccc32)n(C)c1C. The molecule has 2 heterocycles. The average molecular weight is 324 g/mol. The maximum atomic E-state index is 12.3. The lowest BCUT2D eigenvalue weighted by Gasteiger charge is -2.03. The molecule has 124 valence electrons. The van der Waals surface area contributed by atoms with Crippen LogP contribution in [0.25, 0.3) is 11.6 Å². The number of carbonyl (C=O) groups excluding carboxylic acids is 2. The summed E-state index contributed by atoms with van der Waals surface area (Å²) < 4.78 is 7.07. The second kappa shape index (κ2) is 6.00. The van der Waals surface area contributed by atoms with E-state index in [-0.39, 0.29) is 11.9 Å². The standard InChI is InChI=1S/C19H20N2O3/c1-5-24-19(23)17-11(2)16(21(4)12(17)3)10-14-13-8-6-7-9-15(13)20-18(14)22/h6-10H,5H2,1-4H3,(H,20,22)/b14-10-. The highest BCUT2D eigenvalue weighted by atomic mass is 16.5. The predicted molar refractivity (Wildman–Crippen MR) is 93.8 cm³/mol. The molecule has 0 saturated carbocycles. The van der Waals surface area contributed by atoms with E-state index in [1.54, 1.807) is 6.92 Å².